The maximum absolute atomic E-state index is 12.9. The standard InChI is InChI=1S/C17H24N2O3/c1-21-15-4-2-13(3-5-15)16-12-18-8-9-19(16)17(20)14-6-10-22-11-7-14/h2-5,14,16,18H,6-12H2,1H3/t16-/m0/s1. The number of methoxy groups -OCH3 is 1. The van der Waals surface area contributed by atoms with Gasteiger partial charge < -0.3 is 19.7 Å². The number of ether oxygens (including phenoxy) is 2. The van der Waals surface area contributed by atoms with Gasteiger partial charge in [-0.15, -0.1) is 0 Å². The molecule has 2 saturated heterocycles. The monoisotopic (exact) mass is 304 g/mol. The maximum atomic E-state index is 12.9. The Bertz CT molecular complexity index is 497. The molecule has 5 heteroatoms. The summed E-state index contributed by atoms with van der Waals surface area (Å²) < 4.78 is 10.6. The molecule has 2 heterocycles. The molecule has 0 radical (unpaired) electrons. The number of nitrogens with zero attached hydrogens (tertiary/aromatic N) is 1. The lowest BCUT2D eigenvalue weighted by atomic mass is 9.95. The van der Waals surface area contributed by atoms with Crippen molar-refractivity contribution in [1.82, 2.24) is 10.2 Å². The zero-order chi connectivity index (χ0) is 15.4. The van der Waals surface area contributed by atoms with E-state index in [-0.39, 0.29) is 17.9 Å². The van der Waals surface area contributed by atoms with Gasteiger partial charge in [0.1, 0.15) is 5.75 Å². The summed E-state index contributed by atoms with van der Waals surface area (Å²) >= 11 is 0. The average molecular weight is 304 g/mol. The summed E-state index contributed by atoms with van der Waals surface area (Å²) in [5, 5.41) is 3.40. The first-order chi connectivity index (χ1) is 10.8. The van der Waals surface area contributed by atoms with Gasteiger partial charge in [-0.25, -0.2) is 0 Å². The van der Waals surface area contributed by atoms with E-state index in [1.807, 2.05) is 17.0 Å². The Morgan fingerprint density at radius 2 is 2.00 bits per heavy atom. The number of carbonyl (C=O) groups is 1. The summed E-state index contributed by atoms with van der Waals surface area (Å²) in [6.45, 7) is 3.85. The Morgan fingerprint density at radius 3 is 2.68 bits per heavy atom. The Morgan fingerprint density at radius 1 is 1.27 bits per heavy atom. The van der Waals surface area contributed by atoms with Crippen LogP contribution in [0.4, 0.5) is 0 Å². The molecular weight excluding hydrogens is 280 g/mol. The molecular formula is C17H24N2O3. The quantitative estimate of drug-likeness (QED) is 0.921. The fourth-order valence-electron chi connectivity index (χ4n) is 3.27. The molecule has 2 aliphatic rings. The molecule has 120 valence electrons. The van der Waals surface area contributed by atoms with Gasteiger partial charge in [0, 0.05) is 38.8 Å². The molecule has 1 amide bonds. The first-order valence-corrected chi connectivity index (χ1v) is 8.02. The largest absolute Gasteiger partial charge is 0.497 e. The fourth-order valence-corrected chi connectivity index (χ4v) is 3.27. The fraction of sp³-hybridized carbons (Fsp3) is 0.588. The number of hydrogen-bond donors (Lipinski definition) is 1. The number of rotatable bonds is 3. The summed E-state index contributed by atoms with van der Waals surface area (Å²) in [4.78, 5) is 14.9. The van der Waals surface area contributed by atoms with Crippen LogP contribution in [0.1, 0.15) is 24.4 Å². The second-order valence-electron chi connectivity index (χ2n) is 5.91. The van der Waals surface area contributed by atoms with Crippen LogP contribution in [0.5, 0.6) is 5.75 Å². The Balaban J connectivity index is 1.76. The van der Waals surface area contributed by atoms with Gasteiger partial charge in [-0.3, -0.25) is 4.79 Å². The molecule has 1 aromatic carbocycles. The third-order valence-corrected chi connectivity index (χ3v) is 4.60. The van der Waals surface area contributed by atoms with Gasteiger partial charge in [-0.2, -0.15) is 0 Å². The van der Waals surface area contributed by atoms with Crippen LogP contribution >= 0.6 is 0 Å². The zero-order valence-electron chi connectivity index (χ0n) is 13.1. The van der Waals surface area contributed by atoms with Crippen molar-refractivity contribution in [3.05, 3.63) is 29.8 Å². The molecule has 0 unspecified atom stereocenters. The molecule has 1 N–H and O–H groups in total. The Labute approximate surface area is 131 Å². The molecule has 2 aliphatic heterocycles. The smallest absolute Gasteiger partial charge is 0.226 e. The summed E-state index contributed by atoms with van der Waals surface area (Å²) in [7, 11) is 1.66. The van der Waals surface area contributed by atoms with E-state index in [2.05, 4.69) is 17.4 Å². The molecule has 22 heavy (non-hydrogen) atoms. The van der Waals surface area contributed by atoms with E-state index in [1.54, 1.807) is 7.11 Å². The zero-order valence-corrected chi connectivity index (χ0v) is 13.1. The Kier molecular flexibility index (Phi) is 4.95. The van der Waals surface area contributed by atoms with Crippen LogP contribution in [0, 0.1) is 5.92 Å². The molecule has 0 spiro atoms. The average Bonchev–Trinajstić information content (AvgIpc) is 2.62. The third-order valence-electron chi connectivity index (χ3n) is 4.60. The Hall–Kier alpha value is -1.59. The predicted octanol–water partition coefficient (Wildman–Crippen LogP) is 1.59. The SMILES string of the molecule is COc1ccc([C@@H]2CNCCN2C(=O)C2CCOCC2)cc1. The van der Waals surface area contributed by atoms with Crippen molar-refractivity contribution in [1.29, 1.82) is 0 Å². The minimum atomic E-state index is 0.106. The highest BCUT2D eigenvalue weighted by Gasteiger charge is 2.33. The van der Waals surface area contributed by atoms with Gasteiger partial charge >= 0.3 is 0 Å². The van der Waals surface area contributed by atoms with Crippen molar-refractivity contribution in [3.8, 4) is 5.75 Å². The normalized spacial score (nSPS) is 23.3. The second-order valence-corrected chi connectivity index (χ2v) is 5.91. The molecule has 1 atom stereocenters. The summed E-state index contributed by atoms with van der Waals surface area (Å²) in [5.74, 6) is 1.24. The van der Waals surface area contributed by atoms with Crippen LogP contribution in [0.2, 0.25) is 0 Å². The van der Waals surface area contributed by atoms with Crippen LogP contribution in [-0.4, -0.2) is 50.8 Å². The molecule has 1 aromatic rings. The van der Waals surface area contributed by atoms with Crippen LogP contribution in [0.3, 0.4) is 0 Å². The topological polar surface area (TPSA) is 50.8 Å². The minimum absolute atomic E-state index is 0.106. The van der Waals surface area contributed by atoms with E-state index in [0.717, 1.165) is 43.8 Å². The number of amides is 1. The highest BCUT2D eigenvalue weighted by molar-refractivity contribution is 5.79. The van der Waals surface area contributed by atoms with Crippen LogP contribution < -0.4 is 10.1 Å². The lowest BCUT2D eigenvalue weighted by molar-refractivity contribution is -0.142. The van der Waals surface area contributed by atoms with Gasteiger partial charge in [0.05, 0.1) is 13.2 Å². The van der Waals surface area contributed by atoms with Crippen LogP contribution in [0.25, 0.3) is 0 Å². The summed E-state index contributed by atoms with van der Waals surface area (Å²) in [6, 6.07) is 8.14. The van der Waals surface area contributed by atoms with E-state index < -0.39 is 0 Å². The van der Waals surface area contributed by atoms with E-state index >= 15 is 0 Å². The van der Waals surface area contributed by atoms with Crippen molar-refractivity contribution in [2.75, 3.05) is 40.0 Å². The van der Waals surface area contributed by atoms with Gasteiger partial charge in [0.2, 0.25) is 5.91 Å². The molecule has 5 nitrogen and oxygen atoms in total. The number of piperazine rings is 1. The number of hydrogen-bond acceptors (Lipinski definition) is 4. The first kappa shape index (κ1) is 15.3. The van der Waals surface area contributed by atoms with Crippen molar-refractivity contribution in [2.45, 2.75) is 18.9 Å². The lowest BCUT2D eigenvalue weighted by Crippen LogP contribution is -2.51. The highest BCUT2D eigenvalue weighted by Crippen LogP contribution is 2.28. The van der Waals surface area contributed by atoms with Crippen molar-refractivity contribution in [3.63, 3.8) is 0 Å². The number of nitrogens with one attached hydrogen (secondary N) is 1. The third kappa shape index (κ3) is 3.25. The van der Waals surface area contributed by atoms with Gasteiger partial charge in [0.25, 0.3) is 0 Å². The van der Waals surface area contributed by atoms with Gasteiger partial charge in [-0.1, -0.05) is 12.1 Å². The van der Waals surface area contributed by atoms with Crippen molar-refractivity contribution >= 4 is 5.91 Å². The molecule has 3 rings (SSSR count). The highest BCUT2D eigenvalue weighted by atomic mass is 16.5. The van der Waals surface area contributed by atoms with E-state index in [1.165, 1.54) is 0 Å². The first-order valence-electron chi connectivity index (χ1n) is 8.02. The summed E-state index contributed by atoms with van der Waals surface area (Å²) in [6.07, 6.45) is 1.69. The molecule has 0 aromatic heterocycles. The van der Waals surface area contributed by atoms with Crippen molar-refractivity contribution < 1.29 is 14.3 Å². The summed E-state index contributed by atoms with van der Waals surface area (Å²) in [5.41, 5.74) is 1.16. The minimum Gasteiger partial charge on any atom is -0.497 e. The van der Waals surface area contributed by atoms with Crippen LogP contribution in [-0.2, 0) is 9.53 Å². The lowest BCUT2D eigenvalue weighted by Gasteiger charge is -2.39. The molecule has 0 bridgehead atoms. The van der Waals surface area contributed by atoms with Crippen molar-refractivity contribution in [2.24, 2.45) is 5.92 Å². The second kappa shape index (κ2) is 7.11. The maximum Gasteiger partial charge on any atom is 0.226 e. The molecule has 2 fully saturated rings. The van der Waals surface area contributed by atoms with Gasteiger partial charge in [0.15, 0.2) is 0 Å². The van der Waals surface area contributed by atoms with Gasteiger partial charge in [-0.05, 0) is 30.5 Å². The van der Waals surface area contributed by atoms with Crippen LogP contribution in [0.15, 0.2) is 24.3 Å². The van der Waals surface area contributed by atoms with E-state index in [4.69, 9.17) is 9.47 Å². The number of benzene rings is 1. The van der Waals surface area contributed by atoms with E-state index in [0.29, 0.717) is 13.2 Å². The number of carbonyl (C=O) groups excluding carboxylic acids is 1. The van der Waals surface area contributed by atoms with E-state index in [9.17, 15) is 4.79 Å². The predicted molar refractivity (Wildman–Crippen MR) is 83.9 cm³/mol. The molecule has 0 aliphatic carbocycles. The molecule has 0 saturated carbocycles.